The molecule has 3 rings (SSSR count). The number of methoxy groups -OCH3 is 1. The molecule has 0 atom stereocenters. The zero-order valence-corrected chi connectivity index (χ0v) is 11.7. The number of carbonyl (C=O) groups is 1. The Balaban J connectivity index is 2.22. The Bertz CT molecular complexity index is 863. The fraction of sp³-hybridized carbons (Fsp3) is 0.0667. The highest BCUT2D eigenvalue weighted by Crippen LogP contribution is 2.21. The highest BCUT2D eigenvalue weighted by atomic mass is 16.5. The number of hydrogen-bond donors (Lipinski definition) is 1. The van der Waals surface area contributed by atoms with Crippen molar-refractivity contribution in [3.63, 3.8) is 0 Å². The molecular weight excluding hydrogens is 284 g/mol. The van der Waals surface area contributed by atoms with Gasteiger partial charge in [0.1, 0.15) is 5.75 Å². The van der Waals surface area contributed by atoms with E-state index in [2.05, 4.69) is 10.1 Å². The largest absolute Gasteiger partial charge is 0.594 e. The third-order valence-electron chi connectivity index (χ3n) is 3.24. The number of rotatable bonds is 3. The monoisotopic (exact) mass is 296 g/mol. The van der Waals surface area contributed by atoms with Crippen LogP contribution in [0.1, 0.15) is 10.4 Å². The maximum atomic E-state index is 12.1. The third kappa shape index (κ3) is 2.28. The van der Waals surface area contributed by atoms with Gasteiger partial charge in [-0.15, -0.1) is 0 Å². The van der Waals surface area contributed by atoms with Gasteiger partial charge in [0.25, 0.3) is 11.4 Å². The van der Waals surface area contributed by atoms with Gasteiger partial charge in [0, 0.05) is 16.7 Å². The fourth-order valence-corrected chi connectivity index (χ4v) is 2.13. The minimum atomic E-state index is -0.648. The van der Waals surface area contributed by atoms with E-state index < -0.39 is 5.91 Å². The highest BCUT2D eigenvalue weighted by Gasteiger charge is 2.17. The first-order valence-electron chi connectivity index (χ1n) is 6.45. The average Bonchev–Trinajstić information content (AvgIpc) is 2.54. The zero-order valence-electron chi connectivity index (χ0n) is 11.7. The van der Waals surface area contributed by atoms with Crippen LogP contribution in [0.3, 0.4) is 0 Å². The lowest BCUT2D eigenvalue weighted by molar-refractivity contribution is -0.642. The van der Waals surface area contributed by atoms with Crippen molar-refractivity contribution in [2.45, 2.75) is 0 Å². The van der Waals surface area contributed by atoms with Crippen molar-refractivity contribution in [2.24, 2.45) is 5.73 Å². The van der Waals surface area contributed by atoms with Gasteiger partial charge in [-0.3, -0.25) is 4.79 Å². The summed E-state index contributed by atoms with van der Waals surface area (Å²) in [5.74, 6) is 0.237. The van der Waals surface area contributed by atoms with Crippen molar-refractivity contribution in [1.29, 1.82) is 0 Å². The molecule has 7 nitrogen and oxygen atoms in total. The summed E-state index contributed by atoms with van der Waals surface area (Å²) in [7, 11) is 1.56. The minimum absolute atomic E-state index is 0.180. The molecular formula is C15H12N4O3. The van der Waals surface area contributed by atoms with Crippen molar-refractivity contribution in [1.82, 2.24) is 10.1 Å². The smallest absolute Gasteiger partial charge is 0.271 e. The van der Waals surface area contributed by atoms with Crippen LogP contribution in [0.4, 0.5) is 0 Å². The highest BCUT2D eigenvalue weighted by molar-refractivity contribution is 6.03. The van der Waals surface area contributed by atoms with E-state index in [1.165, 1.54) is 12.1 Å². The van der Waals surface area contributed by atoms with E-state index in [0.29, 0.717) is 16.2 Å². The number of fused-ring (bicyclic) bond motifs is 1. The number of carbonyl (C=O) groups excluding carboxylic acids is 1. The Labute approximate surface area is 125 Å². The van der Waals surface area contributed by atoms with E-state index in [4.69, 9.17) is 10.5 Å². The molecule has 0 unspecified atom stereocenters. The van der Waals surface area contributed by atoms with Crippen LogP contribution in [-0.2, 0) is 0 Å². The van der Waals surface area contributed by atoms with Crippen LogP contribution >= 0.6 is 0 Å². The van der Waals surface area contributed by atoms with Crippen molar-refractivity contribution >= 4 is 16.9 Å². The van der Waals surface area contributed by atoms with Crippen LogP contribution in [0.15, 0.2) is 42.5 Å². The van der Waals surface area contributed by atoms with Crippen LogP contribution in [0.2, 0.25) is 0 Å². The number of benzene rings is 2. The van der Waals surface area contributed by atoms with Crippen LogP contribution in [0.25, 0.3) is 22.4 Å². The van der Waals surface area contributed by atoms with Crippen molar-refractivity contribution in [3.05, 3.63) is 53.2 Å². The van der Waals surface area contributed by atoms with Gasteiger partial charge in [-0.05, 0) is 35.2 Å². The van der Waals surface area contributed by atoms with E-state index in [-0.39, 0.29) is 22.4 Å². The zero-order chi connectivity index (χ0) is 15.7. The molecule has 0 aliphatic carbocycles. The minimum Gasteiger partial charge on any atom is -0.594 e. The van der Waals surface area contributed by atoms with Gasteiger partial charge >= 0.3 is 0 Å². The number of aromatic nitrogens is 3. The molecule has 0 bridgehead atoms. The summed E-state index contributed by atoms with van der Waals surface area (Å²) in [6, 6.07) is 11.5. The number of ether oxygens (including phenoxy) is 1. The molecule has 0 fully saturated rings. The Hall–Kier alpha value is -3.22. The van der Waals surface area contributed by atoms with Gasteiger partial charge in [0.05, 0.1) is 12.7 Å². The van der Waals surface area contributed by atoms with Gasteiger partial charge < -0.3 is 15.7 Å². The number of amides is 1. The molecule has 0 aliphatic heterocycles. The fourth-order valence-electron chi connectivity index (χ4n) is 2.13. The first-order chi connectivity index (χ1) is 10.6. The molecule has 3 aromatic rings. The molecule has 1 amide bonds. The summed E-state index contributed by atoms with van der Waals surface area (Å²) in [5, 5.41) is 15.9. The quantitative estimate of drug-likeness (QED) is 0.574. The van der Waals surface area contributed by atoms with Gasteiger partial charge in [-0.2, -0.15) is 0 Å². The predicted octanol–water partition coefficient (Wildman–Crippen LogP) is 1.04. The summed E-state index contributed by atoms with van der Waals surface area (Å²) in [6.07, 6.45) is 0. The molecule has 1 aromatic heterocycles. The molecule has 0 aliphatic rings. The van der Waals surface area contributed by atoms with E-state index in [1.807, 2.05) is 0 Å². The number of nitrogens with two attached hydrogens (primary N) is 1. The molecule has 7 heteroatoms. The summed E-state index contributed by atoms with van der Waals surface area (Å²) in [5.41, 5.74) is 6.56. The van der Waals surface area contributed by atoms with Crippen molar-refractivity contribution in [2.75, 3.05) is 7.11 Å². The second kappa shape index (κ2) is 5.28. The second-order valence-electron chi connectivity index (χ2n) is 4.57. The molecule has 2 N–H and O–H groups in total. The van der Waals surface area contributed by atoms with E-state index in [0.717, 1.165) is 0 Å². The standard InChI is InChI=1S/C15H12N4O3/c1-22-10-7-5-9(6-8-10)15-17-13-11(14(16)20)3-2-4-12(13)19(21)18-15/h2-8H,1H3,(H2,16,20). The van der Waals surface area contributed by atoms with E-state index >= 15 is 0 Å². The predicted molar refractivity (Wildman–Crippen MR) is 79.0 cm³/mol. The molecule has 110 valence electrons. The lowest BCUT2D eigenvalue weighted by atomic mass is 10.1. The van der Waals surface area contributed by atoms with Crippen LogP contribution in [0, 0.1) is 5.21 Å². The molecule has 0 saturated carbocycles. The molecule has 1 heterocycles. The Kier molecular flexibility index (Phi) is 3.30. The van der Waals surface area contributed by atoms with Crippen LogP contribution in [-0.4, -0.2) is 23.1 Å². The Morgan fingerprint density at radius 3 is 2.59 bits per heavy atom. The summed E-state index contributed by atoms with van der Waals surface area (Å²) >= 11 is 0. The maximum Gasteiger partial charge on any atom is 0.271 e. The summed E-state index contributed by atoms with van der Waals surface area (Å²) in [6.45, 7) is 0. The molecule has 2 aromatic carbocycles. The van der Waals surface area contributed by atoms with Crippen LogP contribution < -0.4 is 15.3 Å². The van der Waals surface area contributed by atoms with Crippen LogP contribution in [0.5, 0.6) is 5.75 Å². The third-order valence-corrected chi connectivity index (χ3v) is 3.24. The van der Waals surface area contributed by atoms with Gasteiger partial charge in [-0.1, -0.05) is 6.07 Å². The van der Waals surface area contributed by atoms with Gasteiger partial charge in [0.15, 0.2) is 5.52 Å². The molecule has 0 radical (unpaired) electrons. The van der Waals surface area contributed by atoms with Crippen molar-refractivity contribution in [3.8, 4) is 17.1 Å². The van der Waals surface area contributed by atoms with E-state index in [1.54, 1.807) is 37.4 Å². The normalized spacial score (nSPS) is 10.6. The lowest BCUT2D eigenvalue weighted by Gasteiger charge is -2.05. The van der Waals surface area contributed by atoms with E-state index in [9.17, 15) is 10.0 Å². The van der Waals surface area contributed by atoms with Gasteiger partial charge in [0.2, 0.25) is 5.82 Å². The lowest BCUT2D eigenvalue weighted by Crippen LogP contribution is -2.33. The topological polar surface area (TPSA) is 105 Å². The first-order valence-corrected chi connectivity index (χ1v) is 6.45. The average molecular weight is 296 g/mol. The summed E-state index contributed by atoms with van der Waals surface area (Å²) < 4.78 is 5.08. The second-order valence-corrected chi connectivity index (χ2v) is 4.57. The molecule has 0 saturated heterocycles. The Morgan fingerprint density at radius 2 is 1.95 bits per heavy atom. The number of primary amides is 1. The number of para-hydroxylation sites is 1. The SMILES string of the molecule is COc1ccc(-c2nc3c(C(N)=O)cccc3[n+]([O-])n2)cc1. The maximum absolute atomic E-state index is 12.1. The number of nitrogens with zero attached hydrogens (tertiary/aromatic N) is 3. The molecule has 0 spiro atoms. The van der Waals surface area contributed by atoms with Gasteiger partial charge in [-0.25, -0.2) is 4.98 Å². The Morgan fingerprint density at radius 1 is 1.23 bits per heavy atom. The first kappa shape index (κ1) is 13.7. The molecule has 22 heavy (non-hydrogen) atoms. The van der Waals surface area contributed by atoms with Crippen molar-refractivity contribution < 1.29 is 14.4 Å². The number of hydrogen-bond acceptors (Lipinski definition) is 5. The summed E-state index contributed by atoms with van der Waals surface area (Å²) in [4.78, 5) is 16.2.